The molecule has 0 aliphatic carbocycles. The van der Waals surface area contributed by atoms with E-state index in [0.717, 1.165) is 60.7 Å². The summed E-state index contributed by atoms with van der Waals surface area (Å²) in [6, 6.07) is 12.5. The van der Waals surface area contributed by atoms with Crippen molar-refractivity contribution in [3.63, 3.8) is 0 Å². The molecule has 3 aromatic heterocycles. The minimum atomic E-state index is 0.559. The van der Waals surface area contributed by atoms with Crippen LogP contribution in [-0.2, 0) is 19.4 Å². The number of aromatic amines is 1. The van der Waals surface area contributed by atoms with Crippen LogP contribution in [0.5, 0.6) is 0 Å². The number of hydrogen-bond donors (Lipinski definition) is 1. The number of unbranched alkanes of at least 4 members (excludes halogenated alkanes) is 2. The number of pyridine rings is 1. The summed E-state index contributed by atoms with van der Waals surface area (Å²) in [4.78, 5) is 9.28. The van der Waals surface area contributed by atoms with Gasteiger partial charge in [0.15, 0.2) is 11.6 Å². The molecular formula is C23H28N8. The highest BCUT2D eigenvalue weighted by Crippen LogP contribution is 2.28. The zero-order chi connectivity index (χ0) is 21.5. The molecule has 1 aromatic carbocycles. The molecule has 4 aromatic rings. The molecule has 8 nitrogen and oxygen atoms in total. The lowest BCUT2D eigenvalue weighted by Crippen LogP contribution is -2.07. The van der Waals surface area contributed by atoms with E-state index in [0.29, 0.717) is 5.82 Å². The smallest absolute Gasteiger partial charge is 0.198 e. The SMILES string of the molecule is CCCCCn1nc(CCC)nc1Cc1ccc(-c2cccnc2-c2nnn[nH]2)cc1. The lowest BCUT2D eigenvalue weighted by atomic mass is 10.0. The van der Waals surface area contributed by atoms with Crippen molar-refractivity contribution < 1.29 is 0 Å². The third-order valence-corrected chi connectivity index (χ3v) is 5.24. The van der Waals surface area contributed by atoms with Crippen molar-refractivity contribution in [3.05, 3.63) is 59.8 Å². The molecule has 8 heteroatoms. The molecule has 0 amide bonds. The molecule has 31 heavy (non-hydrogen) atoms. The van der Waals surface area contributed by atoms with Crippen molar-refractivity contribution >= 4 is 0 Å². The molecule has 0 unspecified atom stereocenters. The molecular weight excluding hydrogens is 388 g/mol. The molecule has 3 heterocycles. The van der Waals surface area contributed by atoms with Crippen LogP contribution < -0.4 is 0 Å². The molecule has 0 saturated carbocycles. The molecule has 160 valence electrons. The van der Waals surface area contributed by atoms with E-state index in [1.54, 1.807) is 6.20 Å². The van der Waals surface area contributed by atoms with Gasteiger partial charge in [-0.25, -0.2) is 14.8 Å². The molecule has 0 saturated heterocycles. The fourth-order valence-corrected chi connectivity index (χ4v) is 3.65. The van der Waals surface area contributed by atoms with Crippen LogP contribution in [-0.4, -0.2) is 40.4 Å². The average Bonchev–Trinajstić information content (AvgIpc) is 3.46. The molecule has 0 aliphatic heterocycles. The highest BCUT2D eigenvalue weighted by atomic mass is 15.5. The Bertz CT molecular complexity index is 1080. The highest BCUT2D eigenvalue weighted by Gasteiger charge is 2.13. The van der Waals surface area contributed by atoms with Gasteiger partial charge in [-0.2, -0.15) is 5.10 Å². The number of H-pyrrole nitrogens is 1. The number of aryl methyl sites for hydroxylation is 2. The summed E-state index contributed by atoms with van der Waals surface area (Å²) in [5.74, 6) is 2.55. The molecule has 0 spiro atoms. The van der Waals surface area contributed by atoms with E-state index in [4.69, 9.17) is 10.1 Å². The molecule has 0 bridgehead atoms. The van der Waals surface area contributed by atoms with Crippen molar-refractivity contribution in [2.45, 2.75) is 58.9 Å². The first-order valence-electron chi connectivity index (χ1n) is 11.0. The Kier molecular flexibility index (Phi) is 6.76. The van der Waals surface area contributed by atoms with Crippen LogP contribution in [0.1, 0.15) is 56.7 Å². The van der Waals surface area contributed by atoms with E-state index in [1.807, 2.05) is 12.1 Å². The van der Waals surface area contributed by atoms with Gasteiger partial charge in [-0.15, -0.1) is 5.10 Å². The number of aromatic nitrogens is 8. The maximum atomic E-state index is 4.82. The Morgan fingerprint density at radius 2 is 1.87 bits per heavy atom. The van der Waals surface area contributed by atoms with Gasteiger partial charge >= 0.3 is 0 Å². The van der Waals surface area contributed by atoms with Crippen LogP contribution in [0, 0.1) is 0 Å². The van der Waals surface area contributed by atoms with Gasteiger partial charge in [0.2, 0.25) is 0 Å². The van der Waals surface area contributed by atoms with Gasteiger partial charge in [-0.05, 0) is 40.5 Å². The average molecular weight is 417 g/mol. The van der Waals surface area contributed by atoms with Gasteiger partial charge in [0, 0.05) is 31.1 Å². The summed E-state index contributed by atoms with van der Waals surface area (Å²) < 4.78 is 2.10. The molecule has 4 rings (SSSR count). The maximum absolute atomic E-state index is 4.82. The van der Waals surface area contributed by atoms with Crippen molar-refractivity contribution in [3.8, 4) is 22.6 Å². The van der Waals surface area contributed by atoms with Crippen LogP contribution in [0.2, 0.25) is 0 Å². The van der Waals surface area contributed by atoms with Gasteiger partial charge in [0.1, 0.15) is 11.5 Å². The quantitative estimate of drug-likeness (QED) is 0.388. The van der Waals surface area contributed by atoms with Gasteiger partial charge in [0.25, 0.3) is 0 Å². The van der Waals surface area contributed by atoms with Crippen LogP contribution >= 0.6 is 0 Å². The summed E-state index contributed by atoms with van der Waals surface area (Å²) in [6.07, 6.45) is 8.05. The van der Waals surface area contributed by atoms with Gasteiger partial charge < -0.3 is 0 Å². The number of hydrogen-bond acceptors (Lipinski definition) is 6. The first-order valence-corrected chi connectivity index (χ1v) is 11.0. The second-order valence-electron chi connectivity index (χ2n) is 7.65. The number of nitrogens with one attached hydrogen (secondary N) is 1. The number of rotatable bonds is 10. The summed E-state index contributed by atoms with van der Waals surface area (Å²) >= 11 is 0. The number of tetrazole rings is 1. The standard InChI is InChI=1S/C23H28N8/c1-3-5-6-15-31-21(25-20(28-31)8-4-2)16-17-10-12-18(13-11-17)19-9-7-14-24-22(19)23-26-29-30-27-23/h7,9-14H,3-6,8,15-16H2,1-2H3,(H,26,27,29,30). The topological polar surface area (TPSA) is 98.1 Å². The molecule has 1 N–H and O–H groups in total. The van der Waals surface area contributed by atoms with Crippen LogP contribution in [0.4, 0.5) is 0 Å². The minimum Gasteiger partial charge on any atom is -0.252 e. The molecule has 0 atom stereocenters. The molecule has 0 radical (unpaired) electrons. The van der Waals surface area contributed by atoms with E-state index >= 15 is 0 Å². The predicted octanol–water partition coefficient (Wildman–Crippen LogP) is 4.25. The van der Waals surface area contributed by atoms with E-state index in [2.05, 4.69) is 68.4 Å². The summed E-state index contributed by atoms with van der Waals surface area (Å²) in [7, 11) is 0. The van der Waals surface area contributed by atoms with Gasteiger partial charge in [-0.1, -0.05) is 57.0 Å². The first-order chi connectivity index (χ1) is 15.3. The zero-order valence-corrected chi connectivity index (χ0v) is 18.1. The minimum absolute atomic E-state index is 0.559. The fraction of sp³-hybridized carbons (Fsp3) is 0.391. The predicted molar refractivity (Wildman–Crippen MR) is 119 cm³/mol. The Morgan fingerprint density at radius 1 is 1.00 bits per heavy atom. The molecule has 0 aliphatic rings. The second kappa shape index (κ2) is 10.1. The Morgan fingerprint density at radius 3 is 2.61 bits per heavy atom. The number of benzene rings is 1. The Balaban J connectivity index is 1.55. The van der Waals surface area contributed by atoms with Crippen molar-refractivity contribution in [1.82, 2.24) is 40.4 Å². The first kappa shape index (κ1) is 20.8. The van der Waals surface area contributed by atoms with Crippen molar-refractivity contribution in [2.24, 2.45) is 0 Å². The summed E-state index contributed by atoms with van der Waals surface area (Å²) in [5.41, 5.74) is 4.00. The maximum Gasteiger partial charge on any atom is 0.198 e. The molecule has 0 fully saturated rings. The van der Waals surface area contributed by atoms with Crippen LogP contribution in [0.3, 0.4) is 0 Å². The van der Waals surface area contributed by atoms with Crippen LogP contribution in [0.15, 0.2) is 42.6 Å². The van der Waals surface area contributed by atoms with Crippen molar-refractivity contribution in [1.29, 1.82) is 0 Å². The van der Waals surface area contributed by atoms with E-state index in [1.165, 1.54) is 18.4 Å². The van der Waals surface area contributed by atoms with Gasteiger partial charge in [-0.3, -0.25) is 4.98 Å². The Hall–Kier alpha value is -3.42. The summed E-state index contributed by atoms with van der Waals surface area (Å²) in [6.45, 7) is 5.32. The monoisotopic (exact) mass is 416 g/mol. The largest absolute Gasteiger partial charge is 0.252 e. The lowest BCUT2D eigenvalue weighted by Gasteiger charge is -2.08. The third-order valence-electron chi connectivity index (χ3n) is 5.24. The normalized spacial score (nSPS) is 11.2. The van der Waals surface area contributed by atoms with Crippen LogP contribution in [0.25, 0.3) is 22.6 Å². The van der Waals surface area contributed by atoms with E-state index in [-0.39, 0.29) is 0 Å². The number of nitrogens with zero attached hydrogens (tertiary/aromatic N) is 7. The fourth-order valence-electron chi connectivity index (χ4n) is 3.65. The summed E-state index contributed by atoms with van der Waals surface area (Å²) in [5, 5.41) is 18.9. The lowest BCUT2D eigenvalue weighted by molar-refractivity contribution is 0.531. The van der Waals surface area contributed by atoms with E-state index in [9.17, 15) is 0 Å². The highest BCUT2D eigenvalue weighted by molar-refractivity contribution is 5.77. The Labute approximate surface area is 182 Å². The van der Waals surface area contributed by atoms with Gasteiger partial charge in [0.05, 0.1) is 0 Å². The van der Waals surface area contributed by atoms with E-state index < -0.39 is 0 Å². The second-order valence-corrected chi connectivity index (χ2v) is 7.65. The zero-order valence-electron chi connectivity index (χ0n) is 18.1. The third kappa shape index (κ3) is 5.02. The van der Waals surface area contributed by atoms with Crippen molar-refractivity contribution in [2.75, 3.05) is 0 Å².